The average molecular weight is 550 g/mol. The van der Waals surface area contributed by atoms with E-state index >= 15 is 0 Å². The number of halogens is 7. The normalized spacial score (nSPS) is 22.0. The van der Waals surface area contributed by atoms with Gasteiger partial charge in [0.15, 0.2) is 5.72 Å². The Morgan fingerprint density at radius 2 is 1.74 bits per heavy atom. The number of aromatic nitrogens is 3. The monoisotopic (exact) mass is 550 g/mol. The molecular formula is C23H21F7N4O4. The molecule has 15 heteroatoms. The van der Waals surface area contributed by atoms with Gasteiger partial charge in [0, 0.05) is 12.1 Å². The molecule has 0 amide bonds. The topological polar surface area (TPSA) is 103 Å². The molecular weight excluding hydrogens is 529 g/mol. The molecule has 1 aliphatic rings. The minimum absolute atomic E-state index is 0.00539. The maximum atomic E-state index is 13.6. The van der Waals surface area contributed by atoms with Crippen molar-refractivity contribution in [3.63, 3.8) is 0 Å². The number of morpholine rings is 1. The summed E-state index contributed by atoms with van der Waals surface area (Å²) in [5.74, 6) is -0.524. The van der Waals surface area contributed by atoms with Crippen molar-refractivity contribution in [2.45, 2.75) is 43.9 Å². The van der Waals surface area contributed by atoms with Crippen molar-refractivity contribution in [1.82, 2.24) is 20.1 Å². The summed E-state index contributed by atoms with van der Waals surface area (Å²) in [7, 11) is 0. The molecule has 38 heavy (non-hydrogen) atoms. The van der Waals surface area contributed by atoms with Gasteiger partial charge in [-0.1, -0.05) is 12.1 Å². The Balaban J connectivity index is 1.72. The van der Waals surface area contributed by atoms with E-state index in [0.717, 1.165) is 12.1 Å². The second kappa shape index (κ2) is 10.1. The number of benzene rings is 2. The van der Waals surface area contributed by atoms with Crippen LogP contribution in [0.15, 0.2) is 47.3 Å². The number of hydrogen-bond donors (Lipinski definition) is 3. The molecule has 8 nitrogen and oxygen atoms in total. The highest BCUT2D eigenvalue weighted by atomic mass is 19.4. The summed E-state index contributed by atoms with van der Waals surface area (Å²) in [6, 6.07) is 5.56. The Morgan fingerprint density at radius 3 is 2.26 bits per heavy atom. The van der Waals surface area contributed by atoms with E-state index in [4.69, 9.17) is 9.47 Å². The van der Waals surface area contributed by atoms with E-state index in [1.54, 1.807) is 0 Å². The smallest absolute Gasteiger partial charge is 0.367 e. The first kappa shape index (κ1) is 27.8. The van der Waals surface area contributed by atoms with Crippen molar-refractivity contribution in [2.75, 3.05) is 13.2 Å². The highest BCUT2D eigenvalue weighted by Gasteiger charge is 2.50. The maximum Gasteiger partial charge on any atom is 0.416 e. The molecule has 1 fully saturated rings. The van der Waals surface area contributed by atoms with E-state index in [1.165, 1.54) is 24.0 Å². The van der Waals surface area contributed by atoms with Gasteiger partial charge in [-0.05, 0) is 42.8 Å². The van der Waals surface area contributed by atoms with Gasteiger partial charge in [-0.2, -0.15) is 31.4 Å². The van der Waals surface area contributed by atoms with Crippen LogP contribution in [0.25, 0.3) is 0 Å². The number of hydrogen-bond acceptors (Lipinski definition) is 6. The number of nitrogens with one attached hydrogen (secondary N) is 2. The predicted octanol–water partition coefficient (Wildman–Crippen LogP) is 4.06. The van der Waals surface area contributed by atoms with E-state index in [2.05, 4.69) is 15.2 Å². The van der Waals surface area contributed by atoms with Crippen molar-refractivity contribution in [3.05, 3.63) is 86.8 Å². The van der Waals surface area contributed by atoms with Gasteiger partial charge in [0.2, 0.25) is 6.29 Å². The lowest BCUT2D eigenvalue weighted by atomic mass is 9.97. The third kappa shape index (κ3) is 5.75. The molecule has 1 aromatic heterocycles. The SMILES string of the molecule is CC(O[C@H]1OCCN(Cc2n[nH]c(=O)[nH]2)[C@@]1(O)c1ccc(F)cc1)c1cc(C(F)(F)F)cc(C(F)(F)F)c1. The first-order valence-corrected chi connectivity index (χ1v) is 11.1. The average Bonchev–Trinajstić information content (AvgIpc) is 3.25. The van der Waals surface area contributed by atoms with Gasteiger partial charge in [-0.25, -0.2) is 14.3 Å². The first-order valence-electron chi connectivity index (χ1n) is 11.1. The Kier molecular flexibility index (Phi) is 7.40. The van der Waals surface area contributed by atoms with E-state index in [1.807, 2.05) is 0 Å². The molecule has 0 bridgehead atoms. The van der Waals surface area contributed by atoms with Crippen LogP contribution < -0.4 is 5.69 Å². The summed E-state index contributed by atoms with van der Waals surface area (Å²) in [6.45, 7) is 0.991. The summed E-state index contributed by atoms with van der Waals surface area (Å²) in [5.41, 5.74) is -6.31. The molecule has 0 aliphatic carbocycles. The van der Waals surface area contributed by atoms with Crippen LogP contribution >= 0.6 is 0 Å². The van der Waals surface area contributed by atoms with Crippen LogP contribution in [0, 0.1) is 5.82 Å². The van der Waals surface area contributed by atoms with Crippen LogP contribution in [0.1, 0.15) is 41.1 Å². The highest BCUT2D eigenvalue weighted by Crippen LogP contribution is 2.41. The zero-order valence-electron chi connectivity index (χ0n) is 19.5. The molecule has 1 saturated heterocycles. The number of H-pyrrole nitrogens is 2. The van der Waals surface area contributed by atoms with Crippen LogP contribution in [-0.4, -0.2) is 44.6 Å². The highest BCUT2D eigenvalue weighted by molar-refractivity contribution is 5.35. The summed E-state index contributed by atoms with van der Waals surface area (Å²) in [6.07, 6.45) is -13.2. The van der Waals surface area contributed by atoms with Crippen molar-refractivity contribution >= 4 is 0 Å². The lowest BCUT2D eigenvalue weighted by Gasteiger charge is -2.48. The van der Waals surface area contributed by atoms with Crippen LogP contribution in [-0.2, 0) is 34.1 Å². The summed E-state index contributed by atoms with van der Waals surface area (Å²) in [5, 5.41) is 17.8. The van der Waals surface area contributed by atoms with Crippen LogP contribution in [0.5, 0.6) is 0 Å². The Bertz CT molecular complexity index is 1290. The molecule has 1 unspecified atom stereocenters. The minimum atomic E-state index is -5.07. The molecule has 3 aromatic rings. The van der Waals surface area contributed by atoms with Gasteiger partial charge in [0.05, 0.1) is 30.4 Å². The Morgan fingerprint density at radius 1 is 1.13 bits per heavy atom. The quantitative estimate of drug-likeness (QED) is 0.400. The largest absolute Gasteiger partial charge is 0.416 e. The number of aliphatic hydroxyl groups is 1. The van der Waals surface area contributed by atoms with Crippen LogP contribution in [0.3, 0.4) is 0 Å². The number of alkyl halides is 6. The van der Waals surface area contributed by atoms with Crippen molar-refractivity contribution in [3.8, 4) is 0 Å². The van der Waals surface area contributed by atoms with E-state index < -0.39 is 58.7 Å². The fourth-order valence-electron chi connectivity index (χ4n) is 4.09. The second-order valence-electron chi connectivity index (χ2n) is 8.60. The lowest BCUT2D eigenvalue weighted by molar-refractivity contribution is -0.337. The molecule has 4 rings (SSSR count). The zero-order valence-corrected chi connectivity index (χ0v) is 19.5. The van der Waals surface area contributed by atoms with E-state index in [-0.39, 0.29) is 37.2 Å². The molecule has 1 aliphatic heterocycles. The maximum absolute atomic E-state index is 13.6. The standard InChI is InChI=1S/C23H21F7N4O4/c1-12(13-8-15(22(25,26)27)10-16(9-13)23(28,29)30)38-19-21(36,14-2-4-17(24)5-3-14)34(6-7-37-19)11-18-31-20(35)33-32-18/h2-5,8-10,12,19,36H,6-7,11H2,1H3,(H2,31,32,33,35)/t12?,19-,21-/m1/s1. The van der Waals surface area contributed by atoms with Gasteiger partial charge in [0.1, 0.15) is 11.6 Å². The molecule has 206 valence electrons. The van der Waals surface area contributed by atoms with Crippen molar-refractivity contribution in [2.24, 2.45) is 0 Å². The second-order valence-corrected chi connectivity index (χ2v) is 8.60. The van der Waals surface area contributed by atoms with Gasteiger partial charge in [-0.3, -0.25) is 9.88 Å². The molecule has 2 heterocycles. The Labute approximate surface area is 210 Å². The molecule has 0 saturated carbocycles. The van der Waals surface area contributed by atoms with Crippen molar-refractivity contribution in [1.29, 1.82) is 0 Å². The van der Waals surface area contributed by atoms with Gasteiger partial charge >= 0.3 is 18.0 Å². The molecule has 0 spiro atoms. The zero-order chi connectivity index (χ0) is 27.9. The van der Waals surface area contributed by atoms with Crippen LogP contribution in [0.2, 0.25) is 0 Å². The lowest BCUT2D eigenvalue weighted by Crippen LogP contribution is -2.60. The Hall–Kier alpha value is -3.27. The van der Waals surface area contributed by atoms with E-state index in [0.29, 0.717) is 12.1 Å². The van der Waals surface area contributed by atoms with Gasteiger partial charge in [0.25, 0.3) is 0 Å². The third-order valence-corrected chi connectivity index (χ3v) is 6.01. The van der Waals surface area contributed by atoms with Crippen LogP contribution in [0.4, 0.5) is 30.7 Å². The number of rotatable bonds is 6. The minimum Gasteiger partial charge on any atom is -0.367 e. The summed E-state index contributed by atoms with van der Waals surface area (Å²) >= 11 is 0. The van der Waals surface area contributed by atoms with Gasteiger partial charge in [-0.15, -0.1) is 0 Å². The number of nitrogens with zero attached hydrogens (tertiary/aromatic N) is 2. The number of aromatic amines is 2. The molecule has 3 atom stereocenters. The number of ether oxygens (including phenoxy) is 2. The predicted molar refractivity (Wildman–Crippen MR) is 116 cm³/mol. The van der Waals surface area contributed by atoms with E-state index in [9.17, 15) is 40.6 Å². The molecule has 2 aromatic carbocycles. The third-order valence-electron chi connectivity index (χ3n) is 6.01. The van der Waals surface area contributed by atoms with Crippen molar-refractivity contribution < 1.29 is 45.3 Å². The summed E-state index contributed by atoms with van der Waals surface area (Å²) < 4.78 is 105. The van der Waals surface area contributed by atoms with Gasteiger partial charge < -0.3 is 14.6 Å². The fourth-order valence-corrected chi connectivity index (χ4v) is 4.09. The molecule has 3 N–H and O–H groups in total. The molecule has 0 radical (unpaired) electrons. The summed E-state index contributed by atoms with van der Waals surface area (Å²) in [4.78, 5) is 15.2. The first-order chi connectivity index (χ1) is 17.7. The fraction of sp³-hybridized carbons (Fsp3) is 0.391.